The number of rotatable bonds is 3. The molecule has 2 aromatic heterocycles. The molecule has 0 saturated heterocycles. The highest BCUT2D eigenvalue weighted by Crippen LogP contribution is 2.41. The molecule has 1 unspecified atom stereocenters. The van der Waals surface area contributed by atoms with Crippen LogP contribution in [0, 0.1) is 0 Å². The molecule has 27 heavy (non-hydrogen) atoms. The van der Waals surface area contributed by atoms with Crippen LogP contribution in [0.3, 0.4) is 0 Å². The van der Waals surface area contributed by atoms with Gasteiger partial charge < -0.3 is 15.2 Å². The molecule has 4 rings (SSSR count). The summed E-state index contributed by atoms with van der Waals surface area (Å²) in [6.45, 7) is -0.250. The van der Waals surface area contributed by atoms with Crippen LogP contribution in [-0.2, 0) is 16.6 Å². The Morgan fingerprint density at radius 3 is 2.59 bits per heavy atom. The first-order valence-electron chi connectivity index (χ1n) is 8.17. The van der Waals surface area contributed by atoms with E-state index in [-0.39, 0.29) is 18.3 Å². The number of anilines is 1. The maximum absolute atomic E-state index is 12.0. The van der Waals surface area contributed by atoms with Crippen LogP contribution in [0.4, 0.5) is 5.82 Å². The largest absolute Gasteiger partial charge is 0.497 e. The van der Waals surface area contributed by atoms with Gasteiger partial charge in [0.15, 0.2) is 5.82 Å². The number of carbonyl (C=O) groups is 2. The average molecular weight is 369 g/mol. The summed E-state index contributed by atoms with van der Waals surface area (Å²) < 4.78 is 6.96. The van der Waals surface area contributed by atoms with E-state index in [0.717, 1.165) is 28.3 Å². The van der Waals surface area contributed by atoms with Gasteiger partial charge in [-0.3, -0.25) is 19.4 Å². The second kappa shape index (κ2) is 7.73. The lowest BCUT2D eigenvalue weighted by atomic mass is 9.87. The minimum Gasteiger partial charge on any atom is -0.497 e. The van der Waals surface area contributed by atoms with Gasteiger partial charge in [0.25, 0.3) is 6.47 Å². The van der Waals surface area contributed by atoms with Gasteiger partial charge in [0.2, 0.25) is 5.91 Å². The number of nitrogens with zero attached hydrogens (tertiary/aromatic N) is 3. The summed E-state index contributed by atoms with van der Waals surface area (Å²) in [6.07, 6.45) is 2.24. The van der Waals surface area contributed by atoms with Crippen LogP contribution in [0.25, 0.3) is 11.3 Å². The number of carbonyl (C=O) groups excluding carboxylic acids is 1. The third kappa shape index (κ3) is 3.66. The van der Waals surface area contributed by atoms with Crippen molar-refractivity contribution in [2.75, 3.05) is 12.4 Å². The molecule has 3 heterocycles. The van der Waals surface area contributed by atoms with Gasteiger partial charge in [-0.1, -0.05) is 0 Å². The molecule has 140 valence electrons. The van der Waals surface area contributed by atoms with Gasteiger partial charge in [-0.25, -0.2) is 0 Å². The number of H-pyrrole nitrogens is 1. The number of aromatic amines is 1. The molecule has 9 heteroatoms. The van der Waals surface area contributed by atoms with Crippen molar-refractivity contribution in [3.8, 4) is 17.0 Å². The van der Waals surface area contributed by atoms with Crippen LogP contribution in [0.15, 0.2) is 36.5 Å². The summed E-state index contributed by atoms with van der Waals surface area (Å²) in [5.74, 6) is 1.20. The summed E-state index contributed by atoms with van der Waals surface area (Å²) in [4.78, 5) is 20.4. The second-order valence-corrected chi connectivity index (χ2v) is 5.91. The highest BCUT2D eigenvalue weighted by molar-refractivity contribution is 5.95. The Morgan fingerprint density at radius 1 is 1.30 bits per heavy atom. The van der Waals surface area contributed by atoms with Gasteiger partial charge in [0, 0.05) is 36.7 Å². The molecule has 0 bridgehead atoms. The molecule has 0 aliphatic carbocycles. The SMILES string of the molecule is COc1ccc(-c2[nH]nc3c2C(c2ccn(C)n2)CC(=O)N3)cc1.O=CO. The Morgan fingerprint density at radius 2 is 2.00 bits per heavy atom. The van der Waals surface area contributed by atoms with E-state index in [2.05, 4.69) is 20.6 Å². The van der Waals surface area contributed by atoms with Gasteiger partial charge in [0.1, 0.15) is 5.75 Å². The van der Waals surface area contributed by atoms with E-state index in [1.165, 1.54) is 0 Å². The van der Waals surface area contributed by atoms with Crippen molar-refractivity contribution in [2.24, 2.45) is 7.05 Å². The Kier molecular flexibility index (Phi) is 5.20. The average Bonchev–Trinajstić information content (AvgIpc) is 3.28. The number of hydrogen-bond donors (Lipinski definition) is 3. The fourth-order valence-electron chi connectivity index (χ4n) is 3.10. The zero-order valence-electron chi connectivity index (χ0n) is 14.8. The quantitative estimate of drug-likeness (QED) is 0.607. The van der Waals surface area contributed by atoms with Gasteiger partial charge in [0.05, 0.1) is 18.5 Å². The molecule has 3 N–H and O–H groups in total. The van der Waals surface area contributed by atoms with Crippen LogP contribution in [-0.4, -0.2) is 44.6 Å². The molecule has 0 spiro atoms. The molecule has 0 fully saturated rings. The lowest BCUT2D eigenvalue weighted by Gasteiger charge is -2.21. The van der Waals surface area contributed by atoms with Gasteiger partial charge in [-0.2, -0.15) is 10.2 Å². The van der Waals surface area contributed by atoms with Crippen molar-refractivity contribution < 1.29 is 19.4 Å². The molecule has 1 aliphatic rings. The summed E-state index contributed by atoms with van der Waals surface area (Å²) in [5, 5.41) is 21.6. The normalized spacial score (nSPS) is 15.2. The molecule has 1 amide bonds. The number of aromatic nitrogens is 4. The smallest absolute Gasteiger partial charge is 0.290 e. The van der Waals surface area contributed by atoms with E-state index in [4.69, 9.17) is 14.6 Å². The van der Waals surface area contributed by atoms with Gasteiger partial charge in [-0.15, -0.1) is 0 Å². The minimum atomic E-state index is -0.250. The number of aryl methyl sites for hydroxylation is 1. The fraction of sp³-hybridized carbons (Fsp3) is 0.222. The predicted octanol–water partition coefficient (Wildman–Crippen LogP) is 1.99. The number of amides is 1. The fourth-order valence-corrected chi connectivity index (χ4v) is 3.10. The number of benzene rings is 1. The van der Waals surface area contributed by atoms with Crippen molar-refractivity contribution in [3.05, 3.63) is 47.8 Å². The third-order valence-corrected chi connectivity index (χ3v) is 4.27. The van der Waals surface area contributed by atoms with Crippen LogP contribution < -0.4 is 10.1 Å². The molecule has 1 aromatic carbocycles. The van der Waals surface area contributed by atoms with Crippen molar-refractivity contribution in [1.82, 2.24) is 20.0 Å². The van der Waals surface area contributed by atoms with Crippen LogP contribution in [0.2, 0.25) is 0 Å². The predicted molar refractivity (Wildman–Crippen MR) is 97.6 cm³/mol. The van der Waals surface area contributed by atoms with Crippen LogP contribution in [0.1, 0.15) is 23.6 Å². The Balaban J connectivity index is 0.000000659. The molecular formula is C18H19N5O4. The summed E-state index contributed by atoms with van der Waals surface area (Å²) >= 11 is 0. The Bertz CT molecular complexity index is 945. The highest BCUT2D eigenvalue weighted by Gasteiger charge is 2.33. The third-order valence-electron chi connectivity index (χ3n) is 4.27. The Labute approximate surface area is 155 Å². The van der Waals surface area contributed by atoms with Gasteiger partial charge in [-0.05, 0) is 30.3 Å². The molecule has 3 aromatic rings. The van der Waals surface area contributed by atoms with E-state index in [9.17, 15) is 4.79 Å². The van der Waals surface area contributed by atoms with Crippen molar-refractivity contribution in [1.29, 1.82) is 0 Å². The minimum absolute atomic E-state index is 0.0501. The van der Waals surface area contributed by atoms with E-state index < -0.39 is 0 Å². The van der Waals surface area contributed by atoms with E-state index in [1.54, 1.807) is 11.8 Å². The first kappa shape index (κ1) is 18.2. The lowest BCUT2D eigenvalue weighted by molar-refractivity contribution is -0.123. The first-order chi connectivity index (χ1) is 13.1. The zero-order chi connectivity index (χ0) is 19.4. The topological polar surface area (TPSA) is 122 Å². The number of carboxylic acid groups (broad SMARTS) is 1. The Hall–Kier alpha value is -3.62. The van der Waals surface area contributed by atoms with Crippen molar-refractivity contribution in [2.45, 2.75) is 12.3 Å². The maximum atomic E-state index is 12.0. The van der Waals surface area contributed by atoms with Crippen LogP contribution >= 0.6 is 0 Å². The number of methoxy groups -OCH3 is 1. The summed E-state index contributed by atoms with van der Waals surface area (Å²) in [5.41, 5.74) is 3.72. The molecule has 0 radical (unpaired) electrons. The van der Waals surface area contributed by atoms with Crippen LogP contribution in [0.5, 0.6) is 5.75 Å². The summed E-state index contributed by atoms with van der Waals surface area (Å²) in [6, 6.07) is 9.69. The molecule has 9 nitrogen and oxygen atoms in total. The number of fused-ring (bicyclic) bond motifs is 1. The van der Waals surface area contributed by atoms with E-state index in [1.807, 2.05) is 43.6 Å². The van der Waals surface area contributed by atoms with Gasteiger partial charge >= 0.3 is 0 Å². The first-order valence-corrected chi connectivity index (χ1v) is 8.17. The maximum Gasteiger partial charge on any atom is 0.290 e. The zero-order valence-corrected chi connectivity index (χ0v) is 14.8. The lowest BCUT2D eigenvalue weighted by Crippen LogP contribution is -2.23. The van der Waals surface area contributed by atoms with E-state index in [0.29, 0.717) is 12.2 Å². The van der Waals surface area contributed by atoms with Crippen molar-refractivity contribution >= 4 is 18.2 Å². The number of ether oxygens (including phenoxy) is 1. The summed E-state index contributed by atoms with van der Waals surface area (Å²) in [7, 11) is 3.51. The monoisotopic (exact) mass is 369 g/mol. The number of hydrogen-bond acceptors (Lipinski definition) is 5. The molecule has 0 saturated carbocycles. The van der Waals surface area contributed by atoms with Crippen molar-refractivity contribution in [3.63, 3.8) is 0 Å². The standard InChI is InChI=1S/C17H17N5O2.CH2O2/c1-22-8-7-13(21-22)12-9-14(23)18-17-15(12)16(19-20-17)10-3-5-11(24-2)6-4-10;2-1-3/h3-8,12H,9H2,1-2H3,(H2,18,19,20,23);1H,(H,2,3). The van der Waals surface area contributed by atoms with E-state index >= 15 is 0 Å². The highest BCUT2D eigenvalue weighted by atomic mass is 16.5. The number of nitrogens with one attached hydrogen (secondary N) is 2. The molecule has 1 atom stereocenters. The molecule has 1 aliphatic heterocycles. The second-order valence-electron chi connectivity index (χ2n) is 5.91. The molecular weight excluding hydrogens is 350 g/mol.